The van der Waals surface area contributed by atoms with Crippen molar-refractivity contribution < 1.29 is 18.7 Å². The summed E-state index contributed by atoms with van der Waals surface area (Å²) in [6.45, 7) is 1.34. The molecular weight excluding hydrogens is 364 g/mol. The lowest BCUT2D eigenvalue weighted by molar-refractivity contribution is -0.127. The van der Waals surface area contributed by atoms with Gasteiger partial charge in [-0.15, -0.1) is 0 Å². The maximum atomic E-state index is 12.3. The minimum absolute atomic E-state index is 0.00284. The van der Waals surface area contributed by atoms with Crippen molar-refractivity contribution in [3.8, 4) is 10.9 Å². The Morgan fingerprint density at radius 1 is 1.33 bits per heavy atom. The van der Waals surface area contributed by atoms with Crippen molar-refractivity contribution in [3.63, 3.8) is 0 Å². The number of aromatic nitrogens is 1. The molecule has 6 nitrogen and oxygen atoms in total. The molecule has 7 heteroatoms. The molecule has 140 valence electrons. The highest BCUT2D eigenvalue weighted by Gasteiger charge is 2.23. The number of amides is 1. The van der Waals surface area contributed by atoms with Crippen LogP contribution in [0.25, 0.3) is 16.3 Å². The molecule has 27 heavy (non-hydrogen) atoms. The van der Waals surface area contributed by atoms with Gasteiger partial charge in [-0.1, -0.05) is 11.3 Å². The first kappa shape index (κ1) is 17.6. The SMILES string of the molecule is COc1ccc2nc(OC3CCN(C(=O)/C=C/c4ccco4)CC3)sc2c1. The fourth-order valence-electron chi connectivity index (χ4n) is 3.04. The van der Waals surface area contributed by atoms with Crippen molar-refractivity contribution in [3.05, 3.63) is 48.4 Å². The summed E-state index contributed by atoms with van der Waals surface area (Å²) in [4.78, 5) is 18.6. The van der Waals surface area contributed by atoms with E-state index in [0.29, 0.717) is 24.0 Å². The Kier molecular flexibility index (Phi) is 5.11. The Hall–Kier alpha value is -2.80. The summed E-state index contributed by atoms with van der Waals surface area (Å²) in [6.07, 6.45) is 6.50. The van der Waals surface area contributed by atoms with Gasteiger partial charge in [-0.05, 0) is 36.4 Å². The van der Waals surface area contributed by atoms with Crippen LogP contribution >= 0.6 is 11.3 Å². The molecule has 0 atom stereocenters. The first-order valence-corrected chi connectivity index (χ1v) is 9.64. The number of ether oxygens (including phenoxy) is 2. The highest BCUT2D eigenvalue weighted by atomic mass is 32.1. The molecule has 0 unspecified atom stereocenters. The molecule has 3 heterocycles. The topological polar surface area (TPSA) is 64.8 Å². The number of likely N-dealkylation sites (tertiary alicyclic amines) is 1. The number of rotatable bonds is 5. The van der Waals surface area contributed by atoms with Gasteiger partial charge in [-0.2, -0.15) is 0 Å². The predicted octanol–water partition coefficient (Wildman–Crippen LogP) is 3.98. The third-order valence-electron chi connectivity index (χ3n) is 4.53. The first-order chi connectivity index (χ1) is 13.2. The zero-order valence-corrected chi connectivity index (χ0v) is 15.8. The number of fused-ring (bicyclic) bond motifs is 1. The fourth-order valence-corrected chi connectivity index (χ4v) is 3.95. The van der Waals surface area contributed by atoms with E-state index in [1.165, 1.54) is 11.3 Å². The number of furan rings is 1. The van der Waals surface area contributed by atoms with Crippen LogP contribution in [0, 0.1) is 0 Å². The third-order valence-corrected chi connectivity index (χ3v) is 5.44. The quantitative estimate of drug-likeness (QED) is 0.623. The van der Waals surface area contributed by atoms with Crippen molar-refractivity contribution >= 4 is 33.5 Å². The van der Waals surface area contributed by atoms with Gasteiger partial charge in [0.15, 0.2) is 0 Å². The lowest BCUT2D eigenvalue weighted by atomic mass is 10.1. The Labute approximate surface area is 161 Å². The molecule has 1 aliphatic heterocycles. The van der Waals surface area contributed by atoms with Crippen LogP contribution < -0.4 is 9.47 Å². The minimum atomic E-state index is -0.00284. The van der Waals surface area contributed by atoms with Crippen LogP contribution in [0.4, 0.5) is 0 Å². The van der Waals surface area contributed by atoms with Crippen LogP contribution in [-0.2, 0) is 4.79 Å². The summed E-state index contributed by atoms with van der Waals surface area (Å²) in [5, 5.41) is 0.667. The highest BCUT2D eigenvalue weighted by Crippen LogP contribution is 2.32. The Morgan fingerprint density at radius 2 is 2.19 bits per heavy atom. The van der Waals surface area contributed by atoms with Gasteiger partial charge >= 0.3 is 0 Å². The second kappa shape index (κ2) is 7.84. The van der Waals surface area contributed by atoms with Crippen LogP contribution in [0.5, 0.6) is 10.9 Å². The summed E-state index contributed by atoms with van der Waals surface area (Å²) in [7, 11) is 1.65. The molecule has 2 aromatic heterocycles. The molecule has 0 aliphatic carbocycles. The van der Waals surface area contributed by atoms with E-state index in [2.05, 4.69) is 4.98 Å². The molecule has 1 fully saturated rings. The van der Waals surface area contributed by atoms with Gasteiger partial charge in [-0.25, -0.2) is 4.98 Å². The monoisotopic (exact) mass is 384 g/mol. The minimum Gasteiger partial charge on any atom is -0.497 e. The fraction of sp³-hybridized carbons (Fsp3) is 0.300. The van der Waals surface area contributed by atoms with Crippen molar-refractivity contribution in [1.29, 1.82) is 0 Å². The number of hydrogen-bond donors (Lipinski definition) is 0. The number of methoxy groups -OCH3 is 1. The number of nitrogens with zero attached hydrogens (tertiary/aromatic N) is 2. The zero-order valence-electron chi connectivity index (χ0n) is 15.0. The normalized spacial score (nSPS) is 15.5. The van der Waals surface area contributed by atoms with E-state index >= 15 is 0 Å². The zero-order chi connectivity index (χ0) is 18.6. The maximum Gasteiger partial charge on any atom is 0.274 e. The average molecular weight is 384 g/mol. The summed E-state index contributed by atoms with van der Waals surface area (Å²) in [5.74, 6) is 1.48. The van der Waals surface area contributed by atoms with Crippen LogP contribution in [0.2, 0.25) is 0 Å². The van der Waals surface area contributed by atoms with Crippen molar-refractivity contribution in [1.82, 2.24) is 9.88 Å². The molecule has 1 aromatic carbocycles. The lowest BCUT2D eigenvalue weighted by Crippen LogP contribution is -2.41. The van der Waals surface area contributed by atoms with E-state index in [1.807, 2.05) is 29.2 Å². The van der Waals surface area contributed by atoms with Gasteiger partial charge in [0.25, 0.3) is 5.19 Å². The Bertz CT molecular complexity index is 940. The van der Waals surface area contributed by atoms with E-state index in [0.717, 1.165) is 28.8 Å². The molecule has 0 saturated carbocycles. The first-order valence-electron chi connectivity index (χ1n) is 8.83. The van der Waals surface area contributed by atoms with Crippen molar-refractivity contribution in [2.24, 2.45) is 0 Å². The maximum absolute atomic E-state index is 12.3. The molecule has 1 aliphatic rings. The van der Waals surface area contributed by atoms with Gasteiger partial charge in [0.1, 0.15) is 17.6 Å². The standard InChI is InChI=1S/C20H20N2O4S/c1-24-16-4-6-17-18(13-16)27-20(21-17)26-15-8-10-22(11-9-15)19(23)7-5-14-3-2-12-25-14/h2-7,12-13,15H,8-11H2,1H3/b7-5+. The van der Waals surface area contributed by atoms with Crippen LogP contribution in [0.15, 0.2) is 47.1 Å². The smallest absolute Gasteiger partial charge is 0.274 e. The van der Waals surface area contributed by atoms with Crippen LogP contribution in [-0.4, -0.2) is 42.1 Å². The predicted molar refractivity (Wildman–Crippen MR) is 104 cm³/mol. The number of benzene rings is 1. The largest absolute Gasteiger partial charge is 0.497 e. The highest BCUT2D eigenvalue weighted by molar-refractivity contribution is 7.20. The lowest BCUT2D eigenvalue weighted by Gasteiger charge is -2.30. The van der Waals surface area contributed by atoms with E-state index in [1.54, 1.807) is 31.6 Å². The van der Waals surface area contributed by atoms with Crippen molar-refractivity contribution in [2.45, 2.75) is 18.9 Å². The van der Waals surface area contributed by atoms with Gasteiger partial charge in [0.2, 0.25) is 5.91 Å². The molecule has 1 amide bonds. The molecule has 0 spiro atoms. The molecule has 4 rings (SSSR count). The average Bonchev–Trinajstić information content (AvgIpc) is 3.35. The van der Waals surface area contributed by atoms with E-state index in [4.69, 9.17) is 13.9 Å². The molecule has 0 bridgehead atoms. The number of carbonyl (C=O) groups excluding carboxylic acids is 1. The Morgan fingerprint density at radius 3 is 2.93 bits per heavy atom. The molecule has 0 radical (unpaired) electrons. The second-order valence-electron chi connectivity index (χ2n) is 6.30. The summed E-state index contributed by atoms with van der Waals surface area (Å²) in [6, 6.07) is 9.41. The van der Waals surface area contributed by atoms with Crippen LogP contribution in [0.1, 0.15) is 18.6 Å². The van der Waals surface area contributed by atoms with E-state index in [9.17, 15) is 4.79 Å². The molecule has 1 saturated heterocycles. The number of hydrogen-bond acceptors (Lipinski definition) is 6. The third kappa shape index (κ3) is 4.14. The molecule has 0 N–H and O–H groups in total. The van der Waals surface area contributed by atoms with Crippen LogP contribution in [0.3, 0.4) is 0 Å². The number of thiazole rings is 1. The van der Waals surface area contributed by atoms with Gasteiger partial charge in [0, 0.05) is 32.0 Å². The van der Waals surface area contributed by atoms with Gasteiger partial charge in [0.05, 0.1) is 23.6 Å². The summed E-state index contributed by atoms with van der Waals surface area (Å²) < 4.78 is 17.5. The van der Waals surface area contributed by atoms with Gasteiger partial charge < -0.3 is 18.8 Å². The molecule has 3 aromatic rings. The van der Waals surface area contributed by atoms with E-state index < -0.39 is 0 Å². The summed E-state index contributed by atoms with van der Waals surface area (Å²) in [5.41, 5.74) is 0.909. The number of piperidine rings is 1. The second-order valence-corrected chi connectivity index (χ2v) is 7.30. The summed E-state index contributed by atoms with van der Waals surface area (Å²) >= 11 is 1.52. The molecular formula is C20H20N2O4S. The van der Waals surface area contributed by atoms with Crippen molar-refractivity contribution in [2.75, 3.05) is 20.2 Å². The number of carbonyl (C=O) groups is 1. The Balaban J connectivity index is 1.32. The van der Waals surface area contributed by atoms with E-state index in [-0.39, 0.29) is 12.0 Å². The van der Waals surface area contributed by atoms with Gasteiger partial charge in [-0.3, -0.25) is 4.79 Å².